The van der Waals surface area contributed by atoms with Crippen LogP contribution < -0.4 is 0 Å². The molecule has 0 unspecified atom stereocenters. The molecule has 1 saturated heterocycles. The van der Waals surface area contributed by atoms with E-state index in [1.54, 1.807) is 0 Å². The van der Waals surface area contributed by atoms with E-state index in [-0.39, 0.29) is 46.2 Å². The number of rotatable bonds is 7. The molecule has 1 heterocycles. The van der Waals surface area contributed by atoms with Gasteiger partial charge in [-0.05, 0) is 65.6 Å². The number of thioether (sulfide) groups is 2. The lowest BCUT2D eigenvalue weighted by atomic mass is 9.75. The van der Waals surface area contributed by atoms with Crippen molar-refractivity contribution in [3.8, 4) is 0 Å². The summed E-state index contributed by atoms with van der Waals surface area (Å²) in [5.74, 6) is 3.57. The highest BCUT2D eigenvalue weighted by Gasteiger charge is 2.67. The first-order valence-corrected chi connectivity index (χ1v) is 18.3. The predicted octanol–water partition coefficient (Wildman–Crippen LogP) is 7.05. The maximum atomic E-state index is 14.6. The SMILES string of the molecule is COC(=O)/C=C\[C@@H](C)[C@@H](O[Si](C)(C)C(C)(C)C)[C@@H]1C(=O)[C@@H](C2SCCCS2)[C@H]2[C@@H](C[C@H]1C)C2(C)C. The summed E-state index contributed by atoms with van der Waals surface area (Å²) in [6, 6.07) is 0. The third-order valence-corrected chi connectivity index (χ3v) is 17.0. The molecule has 2 aliphatic carbocycles. The van der Waals surface area contributed by atoms with Crippen molar-refractivity contribution in [1.82, 2.24) is 0 Å². The van der Waals surface area contributed by atoms with E-state index in [1.807, 2.05) is 29.6 Å². The minimum absolute atomic E-state index is 0.0344. The Kier molecular flexibility index (Phi) is 9.09. The fourth-order valence-corrected chi connectivity index (χ4v) is 10.8. The molecule has 200 valence electrons. The Labute approximate surface area is 223 Å². The van der Waals surface area contributed by atoms with E-state index in [4.69, 9.17) is 9.16 Å². The van der Waals surface area contributed by atoms with Crippen LogP contribution in [0.15, 0.2) is 12.2 Å². The van der Waals surface area contributed by atoms with Crippen LogP contribution in [0.4, 0.5) is 0 Å². The highest BCUT2D eigenvalue weighted by Crippen LogP contribution is 2.69. The molecule has 0 amide bonds. The van der Waals surface area contributed by atoms with E-state index < -0.39 is 8.32 Å². The van der Waals surface area contributed by atoms with Crippen molar-refractivity contribution in [1.29, 1.82) is 0 Å². The van der Waals surface area contributed by atoms with Crippen molar-refractivity contribution in [3.63, 3.8) is 0 Å². The summed E-state index contributed by atoms with van der Waals surface area (Å²) in [6.45, 7) is 20.4. The zero-order valence-electron chi connectivity index (χ0n) is 23.6. The summed E-state index contributed by atoms with van der Waals surface area (Å²) in [5.41, 5.74) is 0.240. The van der Waals surface area contributed by atoms with Crippen molar-refractivity contribution in [2.24, 2.45) is 40.9 Å². The predicted molar refractivity (Wildman–Crippen MR) is 152 cm³/mol. The Bertz CT molecular complexity index is 812. The fourth-order valence-electron chi connectivity index (χ4n) is 6.11. The summed E-state index contributed by atoms with van der Waals surface area (Å²) in [6.07, 6.45) is 5.48. The Morgan fingerprint density at radius 3 is 2.34 bits per heavy atom. The van der Waals surface area contributed by atoms with E-state index >= 15 is 0 Å². The first-order valence-electron chi connectivity index (χ1n) is 13.3. The zero-order chi connectivity index (χ0) is 26.3. The molecule has 7 heteroatoms. The molecule has 0 radical (unpaired) electrons. The van der Waals surface area contributed by atoms with Crippen LogP contribution in [0.2, 0.25) is 18.1 Å². The summed E-state index contributed by atoms with van der Waals surface area (Å²) >= 11 is 4.01. The highest BCUT2D eigenvalue weighted by molar-refractivity contribution is 8.17. The van der Waals surface area contributed by atoms with Gasteiger partial charge in [-0.3, -0.25) is 4.79 Å². The molecule has 35 heavy (non-hydrogen) atoms. The van der Waals surface area contributed by atoms with Gasteiger partial charge in [-0.2, -0.15) is 0 Å². The molecule has 0 aromatic carbocycles. The third kappa shape index (κ3) is 6.09. The van der Waals surface area contributed by atoms with E-state index in [1.165, 1.54) is 19.6 Å². The molecule has 7 atom stereocenters. The van der Waals surface area contributed by atoms with Gasteiger partial charge in [0.15, 0.2) is 8.32 Å². The molecule has 1 aliphatic heterocycles. The number of fused-ring (bicyclic) bond motifs is 1. The molecular weight excluding hydrogens is 493 g/mol. The first kappa shape index (κ1) is 29.3. The van der Waals surface area contributed by atoms with Gasteiger partial charge in [0.2, 0.25) is 0 Å². The lowest BCUT2D eigenvalue weighted by molar-refractivity contribution is -0.134. The normalized spacial score (nSPS) is 33.7. The van der Waals surface area contributed by atoms with Crippen molar-refractivity contribution in [2.75, 3.05) is 18.6 Å². The molecular formula is C28H48O4S2Si. The number of hydrogen-bond acceptors (Lipinski definition) is 6. The standard InChI is InChI=1S/C28H48O4S2Si/c1-17(12-13-20(29)31-8)25(32-35(9,10)27(3,4)5)21-18(2)16-19-23(28(19,6)7)22(24(21)30)26-33-14-11-15-34-26/h12-13,17-19,21-23,25-26H,11,14-16H2,1-10H3/b13-12-/t17-,18-,19-,21+,22+,23-,25-/m1/s1. The molecule has 4 nitrogen and oxygen atoms in total. The number of hydrogen-bond donors (Lipinski definition) is 0. The largest absolute Gasteiger partial charge is 0.466 e. The van der Waals surface area contributed by atoms with Crippen LogP contribution in [0.5, 0.6) is 0 Å². The molecule has 0 aromatic heterocycles. The second kappa shape index (κ2) is 10.9. The Morgan fingerprint density at radius 2 is 1.80 bits per heavy atom. The number of ether oxygens (including phenoxy) is 1. The molecule has 2 saturated carbocycles. The zero-order valence-corrected chi connectivity index (χ0v) is 26.2. The lowest BCUT2D eigenvalue weighted by Crippen LogP contribution is -2.51. The van der Waals surface area contributed by atoms with Crippen LogP contribution in [0.1, 0.15) is 61.3 Å². The smallest absolute Gasteiger partial charge is 0.330 e. The monoisotopic (exact) mass is 540 g/mol. The van der Waals surface area contributed by atoms with Gasteiger partial charge in [0.05, 0.1) is 17.8 Å². The van der Waals surface area contributed by atoms with Crippen molar-refractivity contribution < 1.29 is 18.8 Å². The minimum Gasteiger partial charge on any atom is -0.466 e. The van der Waals surface area contributed by atoms with E-state index in [0.717, 1.165) is 17.9 Å². The number of esters is 1. The quantitative estimate of drug-likeness (QED) is 0.196. The van der Waals surface area contributed by atoms with E-state index in [2.05, 4.69) is 61.6 Å². The van der Waals surface area contributed by atoms with Crippen molar-refractivity contribution in [2.45, 2.75) is 90.1 Å². The third-order valence-electron chi connectivity index (χ3n) is 9.41. The Morgan fingerprint density at radius 1 is 1.20 bits per heavy atom. The molecule has 0 bridgehead atoms. The van der Waals surface area contributed by atoms with Gasteiger partial charge >= 0.3 is 5.97 Å². The van der Waals surface area contributed by atoms with Crippen LogP contribution in [-0.4, -0.2) is 49.4 Å². The van der Waals surface area contributed by atoms with E-state index in [9.17, 15) is 9.59 Å². The number of carbonyl (C=O) groups excluding carboxylic acids is 2. The van der Waals surface area contributed by atoms with Crippen molar-refractivity contribution >= 4 is 43.6 Å². The molecule has 3 fully saturated rings. The minimum atomic E-state index is -2.16. The first-order chi connectivity index (χ1) is 16.1. The van der Waals surface area contributed by atoms with Gasteiger partial charge < -0.3 is 9.16 Å². The molecule has 3 rings (SSSR count). The summed E-state index contributed by atoms with van der Waals surface area (Å²) in [4.78, 5) is 26.6. The molecule has 0 N–H and O–H groups in total. The topological polar surface area (TPSA) is 52.6 Å². The van der Waals surface area contributed by atoms with Crippen LogP contribution in [0.3, 0.4) is 0 Å². The van der Waals surface area contributed by atoms with Crippen LogP contribution in [0.25, 0.3) is 0 Å². The molecule has 0 aromatic rings. The van der Waals surface area contributed by atoms with Gasteiger partial charge in [-0.15, -0.1) is 23.5 Å². The van der Waals surface area contributed by atoms with Crippen molar-refractivity contribution in [3.05, 3.63) is 12.2 Å². The summed E-state index contributed by atoms with van der Waals surface area (Å²) in [5, 5.41) is 0.0344. The van der Waals surface area contributed by atoms with E-state index in [0.29, 0.717) is 22.2 Å². The average Bonchev–Trinajstić information content (AvgIpc) is 3.33. The highest BCUT2D eigenvalue weighted by atomic mass is 32.2. The van der Waals surface area contributed by atoms with Gasteiger partial charge in [0, 0.05) is 23.8 Å². The van der Waals surface area contributed by atoms with Gasteiger partial charge in [-0.1, -0.05) is 54.5 Å². The number of carbonyl (C=O) groups is 2. The summed E-state index contributed by atoms with van der Waals surface area (Å²) in [7, 11) is -0.764. The Balaban J connectivity index is 2.01. The van der Waals surface area contributed by atoms with Crippen LogP contribution in [0, 0.1) is 40.9 Å². The van der Waals surface area contributed by atoms with Gasteiger partial charge in [0.25, 0.3) is 0 Å². The summed E-state index contributed by atoms with van der Waals surface area (Å²) < 4.78 is 12.3. The number of Topliss-reactive ketones (excluding diaryl/α,β-unsaturated/α-hetero) is 1. The molecule has 0 spiro atoms. The lowest BCUT2D eigenvalue weighted by Gasteiger charge is -2.45. The maximum Gasteiger partial charge on any atom is 0.330 e. The fraction of sp³-hybridized carbons (Fsp3) is 0.857. The Hall–Kier alpha value is -0.243. The number of ketones is 1. The van der Waals surface area contributed by atoms with Crippen LogP contribution >= 0.6 is 23.5 Å². The second-order valence-corrected chi connectivity index (χ2v) is 20.7. The van der Waals surface area contributed by atoms with Crippen LogP contribution in [-0.2, 0) is 18.8 Å². The van der Waals surface area contributed by atoms with Gasteiger partial charge in [0.1, 0.15) is 5.78 Å². The van der Waals surface area contributed by atoms with Gasteiger partial charge in [-0.25, -0.2) is 4.79 Å². The second-order valence-electron chi connectivity index (χ2n) is 13.2. The maximum absolute atomic E-state index is 14.6. The molecule has 3 aliphatic rings. The average molecular weight is 541 g/mol. The number of methoxy groups -OCH3 is 1.